The van der Waals surface area contributed by atoms with Gasteiger partial charge in [-0.2, -0.15) is 5.10 Å². The molecule has 8 heteroatoms. The lowest BCUT2D eigenvalue weighted by atomic mass is 10.2. The summed E-state index contributed by atoms with van der Waals surface area (Å²) in [5.41, 5.74) is 2.16. The molecule has 0 spiro atoms. The predicted molar refractivity (Wildman–Crippen MR) is 72.9 cm³/mol. The maximum Gasteiger partial charge on any atom is 0.586 e. The van der Waals surface area contributed by atoms with Crippen molar-refractivity contribution in [3.8, 4) is 11.5 Å². The number of aryl methyl sites for hydroxylation is 2. The first-order valence-corrected chi connectivity index (χ1v) is 6.55. The Bertz CT molecular complexity index is 703. The molecule has 1 aromatic carbocycles. The van der Waals surface area contributed by atoms with Crippen LogP contribution in [0.3, 0.4) is 0 Å². The largest absolute Gasteiger partial charge is 0.586 e. The van der Waals surface area contributed by atoms with Gasteiger partial charge in [-0.3, -0.25) is 4.68 Å². The first-order chi connectivity index (χ1) is 9.85. The molecule has 21 heavy (non-hydrogen) atoms. The van der Waals surface area contributed by atoms with E-state index in [4.69, 9.17) is 11.6 Å². The van der Waals surface area contributed by atoms with Gasteiger partial charge >= 0.3 is 6.29 Å². The lowest BCUT2D eigenvalue weighted by molar-refractivity contribution is -0.286. The zero-order chi connectivity index (χ0) is 15.2. The van der Waals surface area contributed by atoms with Gasteiger partial charge in [0.1, 0.15) is 0 Å². The van der Waals surface area contributed by atoms with E-state index in [-0.39, 0.29) is 11.5 Å². The molecule has 2 aromatic rings. The Hall–Kier alpha value is -2.02. The Labute approximate surface area is 124 Å². The van der Waals surface area contributed by atoms with Gasteiger partial charge in [0.2, 0.25) is 0 Å². The maximum absolute atomic E-state index is 12.9. The number of anilines is 1. The molecular weight excluding hydrogens is 304 g/mol. The van der Waals surface area contributed by atoms with Gasteiger partial charge < -0.3 is 14.8 Å². The number of benzene rings is 1. The summed E-state index contributed by atoms with van der Waals surface area (Å²) >= 11 is 6.14. The Kier molecular flexibility index (Phi) is 3.16. The van der Waals surface area contributed by atoms with E-state index in [0.29, 0.717) is 17.3 Å². The van der Waals surface area contributed by atoms with Crippen LogP contribution in [0.4, 0.5) is 14.5 Å². The summed E-state index contributed by atoms with van der Waals surface area (Å²) in [6.07, 6.45) is -3.61. The normalized spacial score (nSPS) is 15.3. The van der Waals surface area contributed by atoms with Crippen molar-refractivity contribution in [1.29, 1.82) is 0 Å². The first kappa shape index (κ1) is 13.9. The second kappa shape index (κ2) is 4.77. The highest BCUT2D eigenvalue weighted by Gasteiger charge is 2.43. The lowest BCUT2D eigenvalue weighted by Crippen LogP contribution is -2.25. The quantitative estimate of drug-likeness (QED) is 0.944. The highest BCUT2D eigenvalue weighted by molar-refractivity contribution is 6.31. The van der Waals surface area contributed by atoms with Crippen molar-refractivity contribution >= 4 is 17.3 Å². The Morgan fingerprint density at radius 3 is 2.71 bits per heavy atom. The summed E-state index contributed by atoms with van der Waals surface area (Å²) < 4.78 is 36.3. The second-order valence-corrected chi connectivity index (χ2v) is 5.03. The zero-order valence-corrected chi connectivity index (χ0v) is 12.0. The fraction of sp³-hybridized carbons (Fsp3) is 0.308. The van der Waals surface area contributed by atoms with Crippen molar-refractivity contribution in [3.63, 3.8) is 0 Å². The second-order valence-electron chi connectivity index (χ2n) is 4.65. The summed E-state index contributed by atoms with van der Waals surface area (Å²) in [6, 6.07) is 4.50. The van der Waals surface area contributed by atoms with Crippen LogP contribution < -0.4 is 14.8 Å². The molecule has 0 radical (unpaired) electrons. The topological polar surface area (TPSA) is 48.3 Å². The standard InChI is InChI=1S/C13H12ClF2N3O2/c1-7-12(14)9(19(2)18-7)6-17-8-3-4-10-11(5-8)21-13(15,16)20-10/h3-5,17H,6H2,1-2H3. The number of hydrogen-bond donors (Lipinski definition) is 1. The average molecular weight is 316 g/mol. The van der Waals surface area contributed by atoms with Gasteiger partial charge in [0, 0.05) is 18.8 Å². The van der Waals surface area contributed by atoms with Crippen LogP contribution in [0.5, 0.6) is 11.5 Å². The summed E-state index contributed by atoms with van der Waals surface area (Å²) in [5.74, 6) is 0.0113. The molecule has 3 rings (SSSR count). The number of halogens is 3. The molecular formula is C13H12ClF2N3O2. The van der Waals surface area contributed by atoms with E-state index < -0.39 is 6.29 Å². The van der Waals surface area contributed by atoms with Gasteiger partial charge in [0.15, 0.2) is 11.5 Å². The number of nitrogens with zero attached hydrogens (tertiary/aromatic N) is 2. The predicted octanol–water partition coefficient (Wildman–Crippen LogP) is 3.32. The smallest absolute Gasteiger partial charge is 0.395 e. The molecule has 1 aromatic heterocycles. The van der Waals surface area contributed by atoms with Gasteiger partial charge in [0.05, 0.1) is 23.0 Å². The summed E-state index contributed by atoms with van der Waals surface area (Å²) in [6.45, 7) is 2.22. The molecule has 0 saturated heterocycles. The van der Waals surface area contributed by atoms with Crippen LogP contribution in [0.1, 0.15) is 11.4 Å². The maximum atomic E-state index is 12.9. The van der Waals surface area contributed by atoms with Crippen molar-refractivity contribution in [3.05, 3.63) is 34.6 Å². The minimum atomic E-state index is -3.61. The van der Waals surface area contributed by atoms with Crippen molar-refractivity contribution in [2.45, 2.75) is 19.8 Å². The number of alkyl halides is 2. The first-order valence-electron chi connectivity index (χ1n) is 6.17. The number of nitrogens with one attached hydrogen (secondary N) is 1. The van der Waals surface area contributed by atoms with E-state index in [1.165, 1.54) is 12.1 Å². The third-order valence-electron chi connectivity index (χ3n) is 3.12. The molecule has 0 saturated carbocycles. The molecule has 112 valence electrons. The van der Waals surface area contributed by atoms with E-state index in [0.717, 1.165) is 11.4 Å². The van der Waals surface area contributed by atoms with Gasteiger partial charge in [-0.15, -0.1) is 8.78 Å². The van der Waals surface area contributed by atoms with E-state index in [1.807, 2.05) is 6.92 Å². The molecule has 0 amide bonds. The van der Waals surface area contributed by atoms with Crippen molar-refractivity contribution < 1.29 is 18.3 Å². The zero-order valence-electron chi connectivity index (χ0n) is 11.3. The Balaban J connectivity index is 1.75. The molecule has 1 N–H and O–H groups in total. The van der Waals surface area contributed by atoms with Crippen LogP contribution >= 0.6 is 11.6 Å². The summed E-state index contributed by atoms with van der Waals surface area (Å²) in [4.78, 5) is 0. The van der Waals surface area contributed by atoms with Crippen molar-refractivity contribution in [1.82, 2.24) is 9.78 Å². The average Bonchev–Trinajstić information content (AvgIpc) is 2.83. The number of aromatic nitrogens is 2. The van der Waals surface area contributed by atoms with E-state index in [1.54, 1.807) is 17.8 Å². The van der Waals surface area contributed by atoms with Crippen LogP contribution in [0.2, 0.25) is 5.02 Å². The van der Waals surface area contributed by atoms with Crippen LogP contribution in [0.15, 0.2) is 18.2 Å². The number of hydrogen-bond acceptors (Lipinski definition) is 4. The van der Waals surface area contributed by atoms with Gasteiger partial charge in [-0.05, 0) is 19.1 Å². The molecule has 5 nitrogen and oxygen atoms in total. The number of rotatable bonds is 3. The van der Waals surface area contributed by atoms with Crippen LogP contribution in [0, 0.1) is 6.92 Å². The third kappa shape index (κ3) is 2.61. The fourth-order valence-electron chi connectivity index (χ4n) is 2.12. The van der Waals surface area contributed by atoms with Crippen molar-refractivity contribution in [2.24, 2.45) is 7.05 Å². The third-order valence-corrected chi connectivity index (χ3v) is 3.61. The van der Waals surface area contributed by atoms with Crippen LogP contribution in [-0.4, -0.2) is 16.1 Å². The summed E-state index contributed by atoms with van der Waals surface area (Å²) in [5, 5.41) is 7.87. The molecule has 0 unspecified atom stereocenters. The van der Waals surface area contributed by atoms with E-state index in [2.05, 4.69) is 19.9 Å². The van der Waals surface area contributed by atoms with E-state index >= 15 is 0 Å². The Morgan fingerprint density at radius 2 is 2.05 bits per heavy atom. The highest BCUT2D eigenvalue weighted by atomic mass is 35.5. The Morgan fingerprint density at radius 1 is 1.33 bits per heavy atom. The van der Waals surface area contributed by atoms with Gasteiger partial charge in [0.25, 0.3) is 0 Å². The molecule has 0 atom stereocenters. The number of fused-ring (bicyclic) bond motifs is 1. The SMILES string of the molecule is Cc1nn(C)c(CNc2ccc3c(c2)OC(F)(F)O3)c1Cl. The monoisotopic (exact) mass is 315 g/mol. The van der Waals surface area contributed by atoms with Gasteiger partial charge in [-0.25, -0.2) is 0 Å². The highest BCUT2D eigenvalue weighted by Crippen LogP contribution is 2.42. The van der Waals surface area contributed by atoms with Crippen LogP contribution in [-0.2, 0) is 13.6 Å². The van der Waals surface area contributed by atoms with Crippen molar-refractivity contribution in [2.75, 3.05) is 5.32 Å². The fourth-order valence-corrected chi connectivity index (χ4v) is 2.34. The molecule has 2 heterocycles. The van der Waals surface area contributed by atoms with Crippen LogP contribution in [0.25, 0.3) is 0 Å². The molecule has 1 aliphatic heterocycles. The van der Waals surface area contributed by atoms with Gasteiger partial charge in [-0.1, -0.05) is 11.6 Å². The minimum Gasteiger partial charge on any atom is -0.395 e. The number of ether oxygens (including phenoxy) is 2. The molecule has 0 fully saturated rings. The summed E-state index contributed by atoms with van der Waals surface area (Å²) in [7, 11) is 1.79. The van der Waals surface area contributed by atoms with E-state index in [9.17, 15) is 8.78 Å². The molecule has 0 aliphatic carbocycles. The molecule has 0 bridgehead atoms. The lowest BCUT2D eigenvalue weighted by Gasteiger charge is -2.08. The minimum absolute atomic E-state index is 0.00252. The molecule has 1 aliphatic rings.